The standard InChI is InChI=1S/C11H21NO2S2/c1-2-16(13,14)8-10(11(12)15)9-6-4-3-5-7-9/h9-10H,2-8H2,1H3,(H2,12,15). The summed E-state index contributed by atoms with van der Waals surface area (Å²) in [4.78, 5) is 0.379. The van der Waals surface area contributed by atoms with Crippen molar-refractivity contribution >= 4 is 27.0 Å². The molecule has 1 unspecified atom stereocenters. The molecule has 1 atom stereocenters. The molecule has 0 bridgehead atoms. The number of rotatable bonds is 5. The van der Waals surface area contributed by atoms with Gasteiger partial charge in [-0.1, -0.05) is 38.4 Å². The maximum atomic E-state index is 11.6. The summed E-state index contributed by atoms with van der Waals surface area (Å²) in [5, 5.41) is 0. The van der Waals surface area contributed by atoms with Gasteiger partial charge in [0, 0.05) is 11.7 Å². The SMILES string of the molecule is CCS(=O)(=O)CC(C(N)=S)C1CCCCC1. The third-order valence-corrected chi connectivity index (χ3v) is 5.51. The number of thiocarbonyl (C=S) groups is 1. The predicted octanol–water partition coefficient (Wildman–Crippen LogP) is 1.90. The minimum Gasteiger partial charge on any atom is -0.393 e. The van der Waals surface area contributed by atoms with Gasteiger partial charge in [0.05, 0.1) is 10.7 Å². The topological polar surface area (TPSA) is 60.2 Å². The molecule has 1 aliphatic rings. The lowest BCUT2D eigenvalue weighted by Gasteiger charge is -2.29. The van der Waals surface area contributed by atoms with Crippen LogP contribution in [0.5, 0.6) is 0 Å². The third-order valence-electron chi connectivity index (χ3n) is 3.46. The molecule has 0 amide bonds. The first-order valence-electron chi connectivity index (χ1n) is 5.96. The van der Waals surface area contributed by atoms with E-state index in [9.17, 15) is 8.42 Å². The van der Waals surface area contributed by atoms with Crippen LogP contribution < -0.4 is 5.73 Å². The Bertz CT molecular complexity index is 332. The first-order chi connectivity index (χ1) is 7.46. The lowest BCUT2D eigenvalue weighted by Crippen LogP contribution is -2.35. The van der Waals surface area contributed by atoms with Crippen LogP contribution in [0, 0.1) is 11.8 Å². The highest BCUT2D eigenvalue weighted by atomic mass is 32.2. The molecule has 0 aromatic rings. The van der Waals surface area contributed by atoms with Gasteiger partial charge in [0.1, 0.15) is 0 Å². The van der Waals surface area contributed by atoms with Crippen LogP contribution in [0.2, 0.25) is 0 Å². The molecule has 0 aromatic heterocycles. The summed E-state index contributed by atoms with van der Waals surface area (Å²) in [5.41, 5.74) is 5.70. The van der Waals surface area contributed by atoms with E-state index in [1.165, 1.54) is 19.3 Å². The molecule has 0 heterocycles. The van der Waals surface area contributed by atoms with Crippen molar-refractivity contribution in [3.8, 4) is 0 Å². The Hall–Kier alpha value is -0.160. The molecule has 0 spiro atoms. The molecule has 16 heavy (non-hydrogen) atoms. The summed E-state index contributed by atoms with van der Waals surface area (Å²) >= 11 is 5.03. The van der Waals surface area contributed by atoms with Crippen molar-refractivity contribution in [3.63, 3.8) is 0 Å². The number of hydrogen-bond acceptors (Lipinski definition) is 3. The average molecular weight is 263 g/mol. The van der Waals surface area contributed by atoms with Crippen LogP contribution in [0.4, 0.5) is 0 Å². The first-order valence-corrected chi connectivity index (χ1v) is 8.19. The fourth-order valence-electron chi connectivity index (χ4n) is 2.38. The highest BCUT2D eigenvalue weighted by molar-refractivity contribution is 7.91. The van der Waals surface area contributed by atoms with Gasteiger partial charge >= 0.3 is 0 Å². The zero-order valence-corrected chi connectivity index (χ0v) is 11.4. The van der Waals surface area contributed by atoms with E-state index in [4.69, 9.17) is 18.0 Å². The minimum absolute atomic E-state index is 0.111. The van der Waals surface area contributed by atoms with Crippen molar-refractivity contribution in [2.24, 2.45) is 17.6 Å². The fourth-order valence-corrected chi connectivity index (χ4v) is 3.99. The summed E-state index contributed by atoms with van der Waals surface area (Å²) < 4.78 is 23.3. The molecule has 94 valence electrons. The lowest BCUT2D eigenvalue weighted by atomic mass is 9.81. The van der Waals surface area contributed by atoms with Crippen LogP contribution >= 0.6 is 12.2 Å². The lowest BCUT2D eigenvalue weighted by molar-refractivity contribution is 0.313. The minimum atomic E-state index is -2.98. The summed E-state index contributed by atoms with van der Waals surface area (Å²) in [6, 6.07) is 0. The highest BCUT2D eigenvalue weighted by Crippen LogP contribution is 2.31. The van der Waals surface area contributed by atoms with E-state index in [0.717, 1.165) is 12.8 Å². The van der Waals surface area contributed by atoms with Gasteiger partial charge in [-0.15, -0.1) is 0 Å². The molecule has 0 saturated heterocycles. The van der Waals surface area contributed by atoms with Gasteiger partial charge in [-0.25, -0.2) is 8.42 Å². The predicted molar refractivity (Wildman–Crippen MR) is 71.2 cm³/mol. The first kappa shape index (κ1) is 13.9. The number of hydrogen-bond donors (Lipinski definition) is 1. The molecule has 0 aliphatic heterocycles. The number of nitrogens with two attached hydrogens (primary N) is 1. The van der Waals surface area contributed by atoms with Gasteiger partial charge in [-0.2, -0.15) is 0 Å². The van der Waals surface area contributed by atoms with E-state index in [2.05, 4.69) is 0 Å². The van der Waals surface area contributed by atoms with Gasteiger partial charge in [0.15, 0.2) is 9.84 Å². The molecular formula is C11H21NO2S2. The van der Waals surface area contributed by atoms with Crippen molar-refractivity contribution in [2.75, 3.05) is 11.5 Å². The smallest absolute Gasteiger partial charge is 0.150 e. The highest BCUT2D eigenvalue weighted by Gasteiger charge is 2.29. The molecule has 0 aromatic carbocycles. The monoisotopic (exact) mass is 263 g/mol. The van der Waals surface area contributed by atoms with E-state index < -0.39 is 9.84 Å². The summed E-state index contributed by atoms with van der Waals surface area (Å²) in [7, 11) is -2.98. The van der Waals surface area contributed by atoms with Crippen molar-refractivity contribution in [1.29, 1.82) is 0 Å². The van der Waals surface area contributed by atoms with Gasteiger partial charge in [0.25, 0.3) is 0 Å². The Morgan fingerprint density at radius 2 is 1.94 bits per heavy atom. The van der Waals surface area contributed by atoms with Gasteiger partial charge in [-0.05, 0) is 18.8 Å². The molecule has 1 rings (SSSR count). The zero-order valence-electron chi connectivity index (χ0n) is 9.81. The van der Waals surface area contributed by atoms with Crippen molar-refractivity contribution in [1.82, 2.24) is 0 Å². The van der Waals surface area contributed by atoms with Crippen LogP contribution in [-0.2, 0) is 9.84 Å². The second-order valence-corrected chi connectivity index (χ2v) is 7.48. The molecule has 1 saturated carbocycles. The Kier molecular flexibility index (Phi) is 5.18. The van der Waals surface area contributed by atoms with Gasteiger partial charge < -0.3 is 5.73 Å². The van der Waals surface area contributed by atoms with E-state index in [-0.39, 0.29) is 17.4 Å². The molecule has 1 aliphatic carbocycles. The van der Waals surface area contributed by atoms with E-state index in [0.29, 0.717) is 10.9 Å². The van der Waals surface area contributed by atoms with Crippen LogP contribution in [0.25, 0.3) is 0 Å². The molecule has 3 nitrogen and oxygen atoms in total. The van der Waals surface area contributed by atoms with Crippen LogP contribution in [0.15, 0.2) is 0 Å². The van der Waals surface area contributed by atoms with E-state index in [1.54, 1.807) is 6.92 Å². The van der Waals surface area contributed by atoms with Gasteiger partial charge in [0.2, 0.25) is 0 Å². The Balaban J connectivity index is 2.70. The number of sulfone groups is 1. The van der Waals surface area contributed by atoms with Crippen LogP contribution in [0.1, 0.15) is 39.0 Å². The second-order valence-electron chi connectivity index (χ2n) is 4.61. The maximum absolute atomic E-state index is 11.6. The van der Waals surface area contributed by atoms with Crippen molar-refractivity contribution in [3.05, 3.63) is 0 Å². The Morgan fingerprint density at radius 1 is 1.38 bits per heavy atom. The van der Waals surface area contributed by atoms with Crippen LogP contribution in [-0.4, -0.2) is 24.9 Å². The van der Waals surface area contributed by atoms with Crippen LogP contribution in [0.3, 0.4) is 0 Å². The van der Waals surface area contributed by atoms with Crippen molar-refractivity contribution < 1.29 is 8.42 Å². The summed E-state index contributed by atoms with van der Waals surface area (Å²) in [5.74, 6) is 0.593. The largest absolute Gasteiger partial charge is 0.393 e. The normalized spacial score (nSPS) is 20.6. The zero-order chi connectivity index (χ0) is 12.2. The Morgan fingerprint density at radius 3 is 2.38 bits per heavy atom. The average Bonchev–Trinajstić information content (AvgIpc) is 2.27. The van der Waals surface area contributed by atoms with E-state index >= 15 is 0 Å². The van der Waals surface area contributed by atoms with E-state index in [1.807, 2.05) is 0 Å². The molecule has 5 heteroatoms. The third kappa shape index (κ3) is 4.01. The maximum Gasteiger partial charge on any atom is 0.150 e. The summed E-state index contributed by atoms with van der Waals surface area (Å²) in [6.07, 6.45) is 5.75. The molecule has 2 N–H and O–H groups in total. The second kappa shape index (κ2) is 5.96. The molecule has 1 fully saturated rings. The molecule has 0 radical (unpaired) electrons. The fraction of sp³-hybridized carbons (Fsp3) is 0.909. The summed E-state index contributed by atoms with van der Waals surface area (Å²) in [6.45, 7) is 1.67. The quantitative estimate of drug-likeness (QED) is 0.770. The van der Waals surface area contributed by atoms with Crippen molar-refractivity contribution in [2.45, 2.75) is 39.0 Å². The molecular weight excluding hydrogens is 242 g/mol. The Labute approximate surface area is 104 Å². The van der Waals surface area contributed by atoms with Gasteiger partial charge in [-0.3, -0.25) is 0 Å².